The lowest BCUT2D eigenvalue weighted by Gasteiger charge is -2.07. The maximum Gasteiger partial charge on any atom is 0.175 e. The number of thiazole rings is 1. The number of thioether (sulfide) groups is 1. The first-order valence-corrected chi connectivity index (χ1v) is 7.96. The van der Waals surface area contributed by atoms with E-state index in [9.17, 15) is 10.4 Å². The molecule has 21 heavy (non-hydrogen) atoms. The third kappa shape index (κ3) is 2.63. The van der Waals surface area contributed by atoms with E-state index in [-0.39, 0.29) is 5.75 Å². The van der Waals surface area contributed by atoms with Gasteiger partial charge >= 0.3 is 0 Å². The second-order valence-electron chi connectivity index (χ2n) is 4.05. The molecule has 1 aromatic carbocycles. The number of pyridine rings is 1. The average molecular weight is 315 g/mol. The molecule has 0 saturated carbocycles. The van der Waals surface area contributed by atoms with Gasteiger partial charge in [-0.15, -0.1) is 11.3 Å². The minimum Gasteiger partial charge on any atom is -0.508 e. The van der Waals surface area contributed by atoms with Crippen molar-refractivity contribution in [2.24, 2.45) is 0 Å². The molecule has 0 radical (unpaired) electrons. The normalized spacial score (nSPS) is 10.5. The van der Waals surface area contributed by atoms with E-state index in [1.54, 1.807) is 18.2 Å². The molecule has 0 spiro atoms. The van der Waals surface area contributed by atoms with Crippen molar-refractivity contribution in [3.8, 4) is 23.3 Å². The van der Waals surface area contributed by atoms with Gasteiger partial charge in [-0.2, -0.15) is 5.26 Å². The number of fused-ring (bicyclic) bond motifs is 1. The van der Waals surface area contributed by atoms with Crippen molar-refractivity contribution in [1.82, 2.24) is 9.97 Å². The van der Waals surface area contributed by atoms with Gasteiger partial charge in [0, 0.05) is 6.07 Å². The van der Waals surface area contributed by atoms with Gasteiger partial charge < -0.3 is 9.84 Å². The van der Waals surface area contributed by atoms with Crippen molar-refractivity contribution in [2.75, 3.05) is 6.26 Å². The summed E-state index contributed by atoms with van der Waals surface area (Å²) in [5.74, 6) is 0.981. The molecule has 0 aliphatic heterocycles. The highest BCUT2D eigenvalue weighted by Gasteiger charge is 2.16. The van der Waals surface area contributed by atoms with Crippen molar-refractivity contribution in [1.29, 1.82) is 5.26 Å². The van der Waals surface area contributed by atoms with Crippen molar-refractivity contribution >= 4 is 33.4 Å². The van der Waals surface area contributed by atoms with E-state index < -0.39 is 0 Å². The van der Waals surface area contributed by atoms with E-state index in [1.165, 1.54) is 35.4 Å². The predicted molar refractivity (Wildman–Crippen MR) is 82.1 cm³/mol. The number of aromatic hydroxyl groups is 1. The van der Waals surface area contributed by atoms with Crippen molar-refractivity contribution < 1.29 is 9.84 Å². The Kier molecular flexibility index (Phi) is 3.64. The van der Waals surface area contributed by atoms with Crippen molar-refractivity contribution in [2.45, 2.75) is 4.34 Å². The van der Waals surface area contributed by atoms with Gasteiger partial charge in [0.15, 0.2) is 15.7 Å². The largest absolute Gasteiger partial charge is 0.508 e. The van der Waals surface area contributed by atoms with Crippen LogP contribution in [0.15, 0.2) is 34.8 Å². The van der Waals surface area contributed by atoms with E-state index >= 15 is 0 Å². The highest BCUT2D eigenvalue weighted by Crippen LogP contribution is 2.38. The number of hydrogen-bond acceptors (Lipinski definition) is 7. The van der Waals surface area contributed by atoms with Gasteiger partial charge in [0.2, 0.25) is 0 Å². The fourth-order valence-corrected chi connectivity index (χ4v) is 3.27. The lowest BCUT2D eigenvalue weighted by molar-refractivity contribution is 0.457. The topological polar surface area (TPSA) is 79.0 Å². The zero-order valence-corrected chi connectivity index (χ0v) is 12.5. The summed E-state index contributed by atoms with van der Waals surface area (Å²) in [6.07, 6.45) is 3.38. The van der Waals surface area contributed by atoms with E-state index in [4.69, 9.17) is 4.74 Å². The van der Waals surface area contributed by atoms with Crippen LogP contribution >= 0.6 is 23.1 Å². The average Bonchev–Trinajstić information content (AvgIpc) is 2.91. The smallest absolute Gasteiger partial charge is 0.175 e. The van der Waals surface area contributed by atoms with Crippen LogP contribution in [0.1, 0.15) is 5.56 Å². The summed E-state index contributed by atoms with van der Waals surface area (Å²) in [6, 6.07) is 8.50. The number of ether oxygens (including phenoxy) is 1. The lowest BCUT2D eigenvalue weighted by atomic mass is 10.2. The van der Waals surface area contributed by atoms with Crippen LogP contribution in [0.3, 0.4) is 0 Å². The molecule has 2 aromatic heterocycles. The van der Waals surface area contributed by atoms with Crippen LogP contribution in [0.5, 0.6) is 17.2 Å². The summed E-state index contributed by atoms with van der Waals surface area (Å²) < 4.78 is 7.37. The van der Waals surface area contributed by atoms with Gasteiger partial charge in [0.05, 0.1) is 6.20 Å². The fraction of sp³-hybridized carbons (Fsp3) is 0.0714. The van der Waals surface area contributed by atoms with Crippen molar-refractivity contribution in [3.05, 3.63) is 36.0 Å². The molecule has 0 saturated heterocycles. The summed E-state index contributed by atoms with van der Waals surface area (Å²) >= 11 is 2.94. The van der Waals surface area contributed by atoms with Gasteiger partial charge in [-0.05, 0) is 18.4 Å². The third-order valence-electron chi connectivity index (χ3n) is 2.69. The summed E-state index contributed by atoms with van der Waals surface area (Å²) in [7, 11) is 0. The number of phenols is 1. The van der Waals surface area contributed by atoms with Crippen LogP contribution in [0.25, 0.3) is 10.3 Å². The van der Waals surface area contributed by atoms with Gasteiger partial charge in [0.25, 0.3) is 0 Å². The van der Waals surface area contributed by atoms with E-state index in [2.05, 4.69) is 16.0 Å². The summed E-state index contributed by atoms with van der Waals surface area (Å²) in [6.45, 7) is 0. The first-order chi connectivity index (χ1) is 10.2. The van der Waals surface area contributed by atoms with Crippen LogP contribution < -0.4 is 4.74 Å². The monoisotopic (exact) mass is 315 g/mol. The van der Waals surface area contributed by atoms with E-state index in [1.807, 2.05) is 6.26 Å². The Labute approximate surface area is 128 Å². The second kappa shape index (κ2) is 5.60. The molecule has 0 unspecified atom stereocenters. The highest BCUT2D eigenvalue weighted by molar-refractivity contribution is 8.00. The second-order valence-corrected chi connectivity index (χ2v) is 6.10. The minimum absolute atomic E-state index is 0.102. The molecule has 0 bridgehead atoms. The molecule has 0 fully saturated rings. The van der Waals surface area contributed by atoms with Crippen LogP contribution in [0.4, 0.5) is 0 Å². The molecule has 3 rings (SSSR count). The van der Waals surface area contributed by atoms with Gasteiger partial charge in [0.1, 0.15) is 27.8 Å². The predicted octanol–water partition coefficient (Wildman–Crippen LogP) is 3.78. The molecule has 0 aliphatic carbocycles. The molecule has 2 heterocycles. The molecular formula is C14H9N3O2S2. The quantitative estimate of drug-likeness (QED) is 0.741. The Morgan fingerprint density at radius 1 is 1.43 bits per heavy atom. The zero-order chi connectivity index (χ0) is 14.8. The molecule has 5 nitrogen and oxygen atoms in total. The molecule has 0 amide bonds. The van der Waals surface area contributed by atoms with Gasteiger partial charge in [-0.25, -0.2) is 9.97 Å². The van der Waals surface area contributed by atoms with Crippen LogP contribution in [0, 0.1) is 11.3 Å². The Morgan fingerprint density at radius 2 is 2.29 bits per heavy atom. The number of aromatic nitrogens is 2. The van der Waals surface area contributed by atoms with E-state index in [0.29, 0.717) is 22.7 Å². The standard InChI is InChI=1S/C14H9N3O2S2/c1-20-14-17-13-12(21-14)11(8(6-15)7-16-13)19-10-4-2-3-9(18)5-10/h2-5,7,18H,1H3. The Bertz CT molecular complexity index is 855. The molecule has 104 valence electrons. The number of nitriles is 1. The molecule has 0 aliphatic rings. The zero-order valence-electron chi connectivity index (χ0n) is 10.9. The molecular weight excluding hydrogens is 306 g/mol. The fourth-order valence-electron chi connectivity index (χ4n) is 1.77. The SMILES string of the molecule is CSc1nc2ncc(C#N)c(Oc3cccc(O)c3)c2s1. The highest BCUT2D eigenvalue weighted by atomic mass is 32.2. The number of nitrogens with zero attached hydrogens (tertiary/aromatic N) is 3. The first-order valence-electron chi connectivity index (χ1n) is 5.92. The van der Waals surface area contributed by atoms with Crippen LogP contribution in [-0.4, -0.2) is 21.3 Å². The summed E-state index contributed by atoms with van der Waals surface area (Å²) in [5.41, 5.74) is 0.889. The Balaban J connectivity index is 2.15. The minimum atomic E-state index is 0.102. The van der Waals surface area contributed by atoms with Crippen LogP contribution in [-0.2, 0) is 0 Å². The van der Waals surface area contributed by atoms with Gasteiger partial charge in [-0.3, -0.25) is 0 Å². The molecule has 1 N–H and O–H groups in total. The van der Waals surface area contributed by atoms with Crippen molar-refractivity contribution in [3.63, 3.8) is 0 Å². The lowest BCUT2D eigenvalue weighted by Crippen LogP contribution is -1.90. The van der Waals surface area contributed by atoms with Crippen LogP contribution in [0.2, 0.25) is 0 Å². The van der Waals surface area contributed by atoms with Gasteiger partial charge in [-0.1, -0.05) is 17.8 Å². The third-order valence-corrected chi connectivity index (χ3v) is 4.72. The molecule has 3 aromatic rings. The Morgan fingerprint density at radius 3 is 3.00 bits per heavy atom. The number of phenolic OH excluding ortho intramolecular Hbond substituents is 1. The number of rotatable bonds is 3. The maximum absolute atomic E-state index is 9.50. The Hall–Kier alpha value is -2.30. The summed E-state index contributed by atoms with van der Waals surface area (Å²) in [4.78, 5) is 8.53. The van der Waals surface area contributed by atoms with E-state index in [0.717, 1.165) is 9.04 Å². The first kappa shape index (κ1) is 13.7. The number of benzene rings is 1. The summed E-state index contributed by atoms with van der Waals surface area (Å²) in [5, 5.41) is 18.7. The number of hydrogen-bond donors (Lipinski definition) is 1. The maximum atomic E-state index is 9.50. The molecule has 7 heteroatoms. The molecule has 0 atom stereocenters.